The van der Waals surface area contributed by atoms with E-state index in [4.69, 9.17) is 0 Å². The van der Waals surface area contributed by atoms with Gasteiger partial charge in [-0.3, -0.25) is 9.10 Å². The average molecular weight is 377 g/mol. The van der Waals surface area contributed by atoms with Gasteiger partial charge in [0.05, 0.1) is 17.4 Å². The van der Waals surface area contributed by atoms with Crippen LogP contribution in [0.5, 0.6) is 0 Å². The molecule has 1 saturated carbocycles. The third-order valence-corrected chi connectivity index (χ3v) is 7.32. The molecular weight excluding hydrogens is 348 g/mol. The lowest BCUT2D eigenvalue weighted by Gasteiger charge is -2.19. The van der Waals surface area contributed by atoms with Crippen LogP contribution in [0.15, 0.2) is 35.9 Å². The van der Waals surface area contributed by atoms with Crippen LogP contribution in [0, 0.1) is 17.3 Å². The summed E-state index contributed by atoms with van der Waals surface area (Å²) in [7, 11) is -3.43. The number of benzene rings is 1. The van der Waals surface area contributed by atoms with Crippen LogP contribution in [-0.4, -0.2) is 33.2 Å². The normalized spacial score (nSPS) is 23.3. The number of amides is 1. The summed E-state index contributed by atoms with van der Waals surface area (Å²) < 4.78 is 26.8. The fraction of sp³-hybridized carbons (Fsp3) is 0.550. The molecule has 1 amide bonds. The van der Waals surface area contributed by atoms with Crippen molar-refractivity contribution in [1.29, 1.82) is 0 Å². The topological polar surface area (TPSA) is 66.5 Å². The Hall–Kier alpha value is -1.82. The minimum absolute atomic E-state index is 0.0467. The summed E-state index contributed by atoms with van der Waals surface area (Å²) in [6.45, 7) is 8.86. The number of nitrogens with zero attached hydrogens (tertiary/aromatic N) is 1. The molecule has 5 nitrogen and oxygen atoms in total. The number of para-hydroxylation sites is 1. The first kappa shape index (κ1) is 19.0. The van der Waals surface area contributed by atoms with Gasteiger partial charge in [0.1, 0.15) is 0 Å². The molecule has 0 bridgehead atoms. The summed E-state index contributed by atoms with van der Waals surface area (Å²) in [6.07, 6.45) is 2.88. The molecule has 1 aliphatic heterocycles. The third kappa shape index (κ3) is 3.52. The lowest BCUT2D eigenvalue weighted by molar-refractivity contribution is -0.123. The number of carbonyl (C=O) groups excluding carboxylic acids is 1. The Morgan fingerprint density at radius 2 is 2.00 bits per heavy atom. The van der Waals surface area contributed by atoms with Crippen molar-refractivity contribution >= 4 is 21.6 Å². The molecule has 0 spiro atoms. The molecule has 1 aliphatic carbocycles. The second kappa shape index (κ2) is 6.72. The smallest absolute Gasteiger partial charge is 0.236 e. The Bertz CT molecular complexity index is 838. The molecule has 1 heterocycles. The molecule has 1 N–H and O–H groups in total. The van der Waals surface area contributed by atoms with Gasteiger partial charge in [0.2, 0.25) is 15.9 Å². The lowest BCUT2D eigenvalue weighted by Crippen LogP contribution is -2.37. The van der Waals surface area contributed by atoms with E-state index in [-0.39, 0.29) is 35.5 Å². The van der Waals surface area contributed by atoms with Gasteiger partial charge in [0.25, 0.3) is 0 Å². The van der Waals surface area contributed by atoms with E-state index in [1.807, 2.05) is 38.1 Å². The third-order valence-electron chi connectivity index (χ3n) is 5.55. The van der Waals surface area contributed by atoms with Gasteiger partial charge in [-0.2, -0.15) is 0 Å². The second-order valence-corrected chi connectivity index (χ2v) is 10.1. The summed E-state index contributed by atoms with van der Waals surface area (Å²) in [5.74, 6) is 0.0322. The Morgan fingerprint density at radius 1 is 1.31 bits per heavy atom. The van der Waals surface area contributed by atoms with E-state index in [2.05, 4.69) is 25.2 Å². The Kier molecular flexibility index (Phi) is 4.90. The lowest BCUT2D eigenvalue weighted by atomic mass is 10.1. The fourth-order valence-corrected chi connectivity index (χ4v) is 5.40. The molecule has 26 heavy (non-hydrogen) atoms. The van der Waals surface area contributed by atoms with Gasteiger partial charge >= 0.3 is 0 Å². The highest BCUT2D eigenvalue weighted by Gasteiger charge is 2.60. The number of hydrogen-bond acceptors (Lipinski definition) is 3. The van der Waals surface area contributed by atoms with Crippen LogP contribution in [0.3, 0.4) is 0 Å². The second-order valence-electron chi connectivity index (χ2n) is 8.13. The molecule has 0 saturated heterocycles. The van der Waals surface area contributed by atoms with Crippen LogP contribution in [0.1, 0.15) is 33.3 Å². The molecule has 2 atom stereocenters. The van der Waals surface area contributed by atoms with Crippen LogP contribution in [0.2, 0.25) is 0 Å². The molecule has 1 aromatic rings. The molecule has 0 radical (unpaired) electrons. The zero-order chi connectivity index (χ0) is 19.1. The Balaban J connectivity index is 1.57. The van der Waals surface area contributed by atoms with Crippen molar-refractivity contribution in [1.82, 2.24) is 5.32 Å². The van der Waals surface area contributed by atoms with E-state index in [1.54, 1.807) is 0 Å². The van der Waals surface area contributed by atoms with Crippen LogP contribution >= 0.6 is 0 Å². The number of rotatable bonds is 6. The van der Waals surface area contributed by atoms with Crippen molar-refractivity contribution < 1.29 is 13.2 Å². The number of nitrogens with one attached hydrogen (secondary N) is 1. The first-order valence-electron chi connectivity index (χ1n) is 9.15. The van der Waals surface area contributed by atoms with Gasteiger partial charge in [-0.15, -0.1) is 0 Å². The van der Waals surface area contributed by atoms with Gasteiger partial charge in [-0.05, 0) is 43.2 Å². The quantitative estimate of drug-likeness (QED) is 0.777. The molecular formula is C20H28N2O3S. The zero-order valence-electron chi connectivity index (χ0n) is 16.0. The number of fused-ring (bicyclic) bond motifs is 1. The van der Waals surface area contributed by atoms with Gasteiger partial charge in [-0.1, -0.05) is 43.7 Å². The maximum atomic E-state index is 12.7. The highest BCUT2D eigenvalue weighted by atomic mass is 32.2. The zero-order valence-corrected chi connectivity index (χ0v) is 16.8. The van der Waals surface area contributed by atoms with Gasteiger partial charge in [-0.25, -0.2) is 8.42 Å². The highest BCUT2D eigenvalue weighted by molar-refractivity contribution is 7.92. The molecule has 2 unspecified atom stereocenters. The van der Waals surface area contributed by atoms with E-state index in [1.165, 1.54) is 9.88 Å². The number of anilines is 1. The first-order chi connectivity index (χ1) is 12.1. The minimum atomic E-state index is -3.43. The van der Waals surface area contributed by atoms with Crippen LogP contribution in [-0.2, 0) is 21.2 Å². The number of sulfonamides is 1. The van der Waals surface area contributed by atoms with E-state index in [0.717, 1.165) is 17.7 Å². The fourth-order valence-electron chi connectivity index (χ4n) is 3.97. The molecule has 6 heteroatoms. The number of hydrogen-bond donors (Lipinski definition) is 1. The van der Waals surface area contributed by atoms with Gasteiger partial charge in [0, 0.05) is 13.1 Å². The standard InChI is InChI=1S/C20H28N2O3S/c1-14(2)13-16-18(20(16,3)4)19(23)21-10-12-26(24,25)22-11-9-15-7-5-6-8-17(15)22/h5-8,13,16,18H,9-12H2,1-4H3,(H,21,23). The number of allylic oxidation sites excluding steroid dienone is 2. The summed E-state index contributed by atoms with van der Waals surface area (Å²) >= 11 is 0. The maximum Gasteiger partial charge on any atom is 0.236 e. The average Bonchev–Trinajstić information content (AvgIpc) is 2.92. The monoisotopic (exact) mass is 376 g/mol. The predicted molar refractivity (Wildman–Crippen MR) is 104 cm³/mol. The Labute approximate surface area is 156 Å². The van der Waals surface area contributed by atoms with Crippen LogP contribution in [0.4, 0.5) is 5.69 Å². The maximum absolute atomic E-state index is 12.7. The van der Waals surface area contributed by atoms with Crippen molar-refractivity contribution in [3.05, 3.63) is 41.5 Å². The predicted octanol–water partition coefficient (Wildman–Crippen LogP) is 2.73. The minimum Gasteiger partial charge on any atom is -0.355 e. The van der Waals surface area contributed by atoms with Gasteiger partial charge in [0.15, 0.2) is 0 Å². The SMILES string of the molecule is CC(C)=CC1C(C(=O)NCCS(=O)(=O)N2CCc3ccccc32)C1(C)C. The summed E-state index contributed by atoms with van der Waals surface area (Å²) in [4.78, 5) is 12.5. The van der Waals surface area contributed by atoms with Crippen molar-refractivity contribution in [3.63, 3.8) is 0 Å². The van der Waals surface area contributed by atoms with E-state index in [9.17, 15) is 13.2 Å². The van der Waals surface area contributed by atoms with Crippen LogP contribution in [0.25, 0.3) is 0 Å². The highest BCUT2D eigenvalue weighted by Crippen LogP contribution is 2.59. The van der Waals surface area contributed by atoms with Crippen molar-refractivity contribution in [2.75, 3.05) is 23.1 Å². The van der Waals surface area contributed by atoms with E-state index < -0.39 is 10.0 Å². The molecule has 1 aromatic carbocycles. The Morgan fingerprint density at radius 3 is 2.69 bits per heavy atom. The van der Waals surface area contributed by atoms with E-state index in [0.29, 0.717) is 6.54 Å². The van der Waals surface area contributed by atoms with Crippen molar-refractivity contribution in [2.24, 2.45) is 17.3 Å². The molecule has 142 valence electrons. The first-order valence-corrected chi connectivity index (χ1v) is 10.8. The van der Waals surface area contributed by atoms with E-state index >= 15 is 0 Å². The molecule has 3 rings (SSSR count). The van der Waals surface area contributed by atoms with Crippen LogP contribution < -0.4 is 9.62 Å². The summed E-state index contributed by atoms with van der Waals surface area (Å²) in [5.41, 5.74) is 2.97. The van der Waals surface area contributed by atoms with Gasteiger partial charge < -0.3 is 5.32 Å². The van der Waals surface area contributed by atoms with Crippen molar-refractivity contribution in [2.45, 2.75) is 34.1 Å². The summed E-state index contributed by atoms with van der Waals surface area (Å²) in [6, 6.07) is 7.59. The molecule has 2 aliphatic rings. The molecule has 1 fully saturated rings. The largest absolute Gasteiger partial charge is 0.355 e. The van der Waals surface area contributed by atoms with Crippen molar-refractivity contribution in [3.8, 4) is 0 Å². The summed E-state index contributed by atoms with van der Waals surface area (Å²) in [5, 5.41) is 2.83. The molecule has 0 aromatic heterocycles. The number of carbonyl (C=O) groups is 1.